The van der Waals surface area contributed by atoms with Crippen molar-refractivity contribution in [1.29, 1.82) is 0 Å². The summed E-state index contributed by atoms with van der Waals surface area (Å²) in [7, 11) is 4.72. The molecule has 4 rings (SSSR count). The SMILES string of the molecule is COc1ccc2c(CC(=O)Nc3n[nH]c(-c4ccc(OC)c(OC)c4)n3)coc2c1. The second kappa shape index (κ2) is 8.16. The lowest BCUT2D eigenvalue weighted by Crippen LogP contribution is -2.15. The highest BCUT2D eigenvalue weighted by Gasteiger charge is 2.14. The van der Waals surface area contributed by atoms with Crippen molar-refractivity contribution in [2.75, 3.05) is 26.6 Å². The molecule has 0 unspecified atom stereocenters. The summed E-state index contributed by atoms with van der Waals surface area (Å²) in [6, 6.07) is 10.8. The van der Waals surface area contributed by atoms with Gasteiger partial charge in [0.1, 0.15) is 11.3 Å². The average molecular weight is 408 g/mol. The summed E-state index contributed by atoms with van der Waals surface area (Å²) in [5.41, 5.74) is 2.17. The number of hydrogen-bond donors (Lipinski definition) is 2. The van der Waals surface area contributed by atoms with Gasteiger partial charge in [0.15, 0.2) is 17.3 Å². The van der Waals surface area contributed by atoms with Crippen LogP contribution in [-0.4, -0.2) is 42.4 Å². The predicted octanol–water partition coefficient (Wildman–Crippen LogP) is 3.42. The highest BCUT2D eigenvalue weighted by atomic mass is 16.5. The number of H-pyrrole nitrogens is 1. The third-order valence-corrected chi connectivity index (χ3v) is 4.61. The summed E-state index contributed by atoms with van der Waals surface area (Å²) in [5, 5.41) is 10.4. The van der Waals surface area contributed by atoms with E-state index in [1.807, 2.05) is 18.2 Å². The molecule has 1 amide bonds. The quantitative estimate of drug-likeness (QED) is 0.482. The van der Waals surface area contributed by atoms with Crippen LogP contribution in [0.4, 0.5) is 5.95 Å². The molecule has 0 bridgehead atoms. The van der Waals surface area contributed by atoms with E-state index < -0.39 is 0 Å². The molecule has 0 radical (unpaired) electrons. The predicted molar refractivity (Wildman–Crippen MR) is 110 cm³/mol. The van der Waals surface area contributed by atoms with Gasteiger partial charge in [-0.05, 0) is 30.3 Å². The van der Waals surface area contributed by atoms with Gasteiger partial charge in [0.2, 0.25) is 11.9 Å². The van der Waals surface area contributed by atoms with Crippen molar-refractivity contribution in [3.63, 3.8) is 0 Å². The summed E-state index contributed by atoms with van der Waals surface area (Å²) in [5.74, 6) is 2.29. The van der Waals surface area contributed by atoms with Gasteiger partial charge >= 0.3 is 0 Å². The number of benzene rings is 2. The Balaban J connectivity index is 1.47. The van der Waals surface area contributed by atoms with Crippen LogP contribution in [0.15, 0.2) is 47.1 Å². The lowest BCUT2D eigenvalue weighted by molar-refractivity contribution is -0.115. The highest BCUT2D eigenvalue weighted by Crippen LogP contribution is 2.31. The first-order chi connectivity index (χ1) is 14.6. The van der Waals surface area contributed by atoms with E-state index in [1.54, 1.807) is 45.8 Å². The monoisotopic (exact) mass is 408 g/mol. The molecule has 2 heterocycles. The Bertz CT molecular complexity index is 1200. The molecular weight excluding hydrogens is 388 g/mol. The molecule has 0 aliphatic rings. The molecular formula is C21H20N4O5. The molecule has 9 heteroatoms. The number of carbonyl (C=O) groups excluding carboxylic acids is 1. The molecule has 2 aromatic heterocycles. The standard InChI is InChI=1S/C21H20N4O5/c1-27-14-5-6-15-13(11-30-17(15)10-14)9-19(26)22-21-23-20(24-25-21)12-4-7-16(28-2)18(8-12)29-3/h4-8,10-11H,9H2,1-3H3,(H2,22,23,24,25,26). The number of aromatic nitrogens is 3. The maximum Gasteiger partial charge on any atom is 0.249 e. The van der Waals surface area contributed by atoms with Crippen LogP contribution >= 0.6 is 0 Å². The second-order valence-corrected chi connectivity index (χ2v) is 6.43. The fourth-order valence-electron chi connectivity index (χ4n) is 3.10. The summed E-state index contributed by atoms with van der Waals surface area (Å²) >= 11 is 0. The van der Waals surface area contributed by atoms with Crippen molar-refractivity contribution in [1.82, 2.24) is 15.2 Å². The van der Waals surface area contributed by atoms with E-state index in [1.165, 1.54) is 0 Å². The van der Waals surface area contributed by atoms with Crippen molar-refractivity contribution >= 4 is 22.8 Å². The summed E-state index contributed by atoms with van der Waals surface area (Å²) < 4.78 is 21.2. The number of rotatable bonds is 7. The van der Waals surface area contributed by atoms with Crippen molar-refractivity contribution in [2.24, 2.45) is 0 Å². The lowest BCUT2D eigenvalue weighted by Gasteiger charge is -2.07. The normalized spacial score (nSPS) is 10.8. The topological polar surface area (TPSA) is 112 Å². The number of hydrogen-bond acceptors (Lipinski definition) is 7. The van der Waals surface area contributed by atoms with Crippen LogP contribution in [0.2, 0.25) is 0 Å². The third kappa shape index (κ3) is 3.77. The summed E-state index contributed by atoms with van der Waals surface area (Å²) in [4.78, 5) is 16.8. The van der Waals surface area contributed by atoms with Gasteiger partial charge in [-0.15, -0.1) is 5.10 Å². The van der Waals surface area contributed by atoms with Gasteiger partial charge in [-0.25, -0.2) is 0 Å². The van der Waals surface area contributed by atoms with Crippen molar-refractivity contribution < 1.29 is 23.4 Å². The minimum Gasteiger partial charge on any atom is -0.497 e. The molecule has 4 aromatic rings. The first-order valence-electron chi connectivity index (χ1n) is 9.10. The minimum atomic E-state index is -0.258. The molecule has 154 valence electrons. The maximum absolute atomic E-state index is 12.5. The number of carbonyl (C=O) groups is 1. The molecule has 0 aliphatic carbocycles. The zero-order chi connectivity index (χ0) is 21.1. The van der Waals surface area contributed by atoms with Crippen molar-refractivity contribution in [3.05, 3.63) is 48.2 Å². The Labute approximate surface area is 172 Å². The molecule has 0 saturated heterocycles. The average Bonchev–Trinajstić information content (AvgIpc) is 3.40. The molecule has 2 aromatic carbocycles. The largest absolute Gasteiger partial charge is 0.497 e. The summed E-state index contributed by atoms with van der Waals surface area (Å²) in [6.07, 6.45) is 1.69. The van der Waals surface area contributed by atoms with Crippen LogP contribution in [0.1, 0.15) is 5.56 Å². The Hall–Kier alpha value is -4.01. The van der Waals surface area contributed by atoms with Crippen LogP contribution in [-0.2, 0) is 11.2 Å². The van der Waals surface area contributed by atoms with Gasteiger partial charge in [-0.2, -0.15) is 4.98 Å². The van der Waals surface area contributed by atoms with Gasteiger partial charge in [0, 0.05) is 22.6 Å². The fourth-order valence-corrected chi connectivity index (χ4v) is 3.10. The molecule has 0 spiro atoms. The van der Waals surface area contributed by atoms with Crippen LogP contribution in [0.25, 0.3) is 22.4 Å². The Kier molecular flexibility index (Phi) is 5.25. The number of nitrogens with one attached hydrogen (secondary N) is 2. The van der Waals surface area contributed by atoms with Gasteiger partial charge in [-0.1, -0.05) is 0 Å². The smallest absolute Gasteiger partial charge is 0.249 e. The zero-order valence-corrected chi connectivity index (χ0v) is 16.7. The minimum absolute atomic E-state index is 0.125. The van der Waals surface area contributed by atoms with E-state index in [4.69, 9.17) is 18.6 Å². The molecule has 0 fully saturated rings. The van der Waals surface area contributed by atoms with Gasteiger partial charge in [0.25, 0.3) is 0 Å². The number of fused-ring (bicyclic) bond motifs is 1. The number of amides is 1. The number of nitrogens with zero attached hydrogens (tertiary/aromatic N) is 2. The number of anilines is 1. The summed E-state index contributed by atoms with van der Waals surface area (Å²) in [6.45, 7) is 0. The first kappa shape index (κ1) is 19.3. The second-order valence-electron chi connectivity index (χ2n) is 6.43. The van der Waals surface area contributed by atoms with Gasteiger partial charge < -0.3 is 18.6 Å². The van der Waals surface area contributed by atoms with Crippen LogP contribution < -0.4 is 19.5 Å². The molecule has 0 aliphatic heterocycles. The lowest BCUT2D eigenvalue weighted by atomic mass is 10.1. The van der Waals surface area contributed by atoms with Crippen molar-refractivity contribution in [3.8, 4) is 28.6 Å². The van der Waals surface area contributed by atoms with E-state index in [2.05, 4.69) is 20.5 Å². The molecule has 0 atom stereocenters. The van der Waals surface area contributed by atoms with E-state index in [0.717, 1.165) is 16.5 Å². The number of furan rings is 1. The fraction of sp³-hybridized carbons (Fsp3) is 0.190. The highest BCUT2D eigenvalue weighted by molar-refractivity contribution is 5.94. The maximum atomic E-state index is 12.5. The van der Waals surface area contributed by atoms with Crippen molar-refractivity contribution in [2.45, 2.75) is 6.42 Å². The van der Waals surface area contributed by atoms with Crippen LogP contribution in [0.3, 0.4) is 0 Å². The van der Waals surface area contributed by atoms with E-state index >= 15 is 0 Å². The third-order valence-electron chi connectivity index (χ3n) is 4.61. The molecule has 2 N–H and O–H groups in total. The van der Waals surface area contributed by atoms with Gasteiger partial charge in [-0.3, -0.25) is 15.2 Å². The van der Waals surface area contributed by atoms with Crippen LogP contribution in [0, 0.1) is 0 Å². The van der Waals surface area contributed by atoms with E-state index in [-0.39, 0.29) is 18.3 Å². The van der Waals surface area contributed by atoms with Crippen LogP contribution in [0.5, 0.6) is 17.2 Å². The Morgan fingerprint density at radius 2 is 1.90 bits per heavy atom. The van der Waals surface area contributed by atoms with E-state index in [9.17, 15) is 4.79 Å². The Morgan fingerprint density at radius 1 is 1.07 bits per heavy atom. The zero-order valence-electron chi connectivity index (χ0n) is 16.7. The van der Waals surface area contributed by atoms with E-state index in [0.29, 0.717) is 28.7 Å². The number of methoxy groups -OCH3 is 3. The molecule has 30 heavy (non-hydrogen) atoms. The first-order valence-corrected chi connectivity index (χ1v) is 9.10. The Morgan fingerprint density at radius 3 is 2.67 bits per heavy atom. The molecule has 0 saturated carbocycles. The number of ether oxygens (including phenoxy) is 3. The number of aromatic amines is 1. The molecule has 9 nitrogen and oxygen atoms in total. The van der Waals surface area contributed by atoms with Gasteiger partial charge in [0.05, 0.1) is 34.0 Å².